The molecule has 1 aromatic carbocycles. The van der Waals surface area contributed by atoms with Crippen LogP contribution < -0.4 is 0 Å². The van der Waals surface area contributed by atoms with Gasteiger partial charge in [0.2, 0.25) is 0 Å². The molecule has 1 aromatic rings. The molecule has 0 bridgehead atoms. The number of carbonyl (C=O) groups excluding carboxylic acids is 1. The third kappa shape index (κ3) is 3.17. The Balaban J connectivity index is 2.29. The maximum atomic E-state index is 12.6. The molecule has 0 unspecified atom stereocenters. The minimum atomic E-state index is -0.483. The molecule has 108 valence electrons. The molecule has 0 aliphatic carbocycles. The van der Waals surface area contributed by atoms with Crippen LogP contribution in [0.2, 0.25) is 0 Å². The Labute approximate surface area is 126 Å². The molecule has 0 saturated carbocycles. The normalized spacial score (nSPS) is 17.9. The van der Waals surface area contributed by atoms with E-state index in [1.807, 2.05) is 0 Å². The number of amides is 1. The van der Waals surface area contributed by atoms with Crippen molar-refractivity contribution in [3.8, 4) is 0 Å². The van der Waals surface area contributed by atoms with Gasteiger partial charge < -0.3 is 4.90 Å². The van der Waals surface area contributed by atoms with Gasteiger partial charge in [-0.3, -0.25) is 14.9 Å². The number of hydrogen-bond acceptors (Lipinski definition) is 3. The molecule has 20 heavy (non-hydrogen) atoms. The highest BCUT2D eigenvalue weighted by Crippen LogP contribution is 2.31. The first-order chi connectivity index (χ1) is 9.30. The molecule has 0 radical (unpaired) electrons. The topological polar surface area (TPSA) is 63.5 Å². The lowest BCUT2D eigenvalue weighted by atomic mass is 9.84. The fraction of sp³-hybridized carbons (Fsp3) is 0.500. The molecule has 1 amide bonds. The second-order valence-corrected chi connectivity index (χ2v) is 6.77. The third-order valence-corrected chi connectivity index (χ3v) is 4.27. The Morgan fingerprint density at radius 1 is 1.45 bits per heavy atom. The van der Waals surface area contributed by atoms with Crippen LogP contribution in [0.1, 0.15) is 37.0 Å². The second-order valence-electron chi connectivity index (χ2n) is 5.92. The van der Waals surface area contributed by atoms with E-state index >= 15 is 0 Å². The lowest BCUT2D eigenvalue weighted by Gasteiger charge is -2.38. The largest absolute Gasteiger partial charge is 0.338 e. The van der Waals surface area contributed by atoms with Crippen LogP contribution in [0.15, 0.2) is 22.7 Å². The van der Waals surface area contributed by atoms with Crippen LogP contribution in [0.4, 0.5) is 5.69 Å². The van der Waals surface area contributed by atoms with Crippen molar-refractivity contribution in [3.63, 3.8) is 0 Å². The van der Waals surface area contributed by atoms with Gasteiger partial charge in [-0.25, -0.2) is 0 Å². The van der Waals surface area contributed by atoms with Crippen LogP contribution in [-0.2, 0) is 0 Å². The average Bonchev–Trinajstić information content (AvgIpc) is 2.37. The molecule has 0 aromatic heterocycles. The van der Waals surface area contributed by atoms with Crippen molar-refractivity contribution in [1.29, 1.82) is 0 Å². The van der Waals surface area contributed by atoms with E-state index in [2.05, 4.69) is 29.8 Å². The van der Waals surface area contributed by atoms with E-state index in [1.54, 1.807) is 11.0 Å². The monoisotopic (exact) mass is 340 g/mol. The number of nitro benzene ring substituents is 1. The highest BCUT2D eigenvalue weighted by molar-refractivity contribution is 9.10. The summed E-state index contributed by atoms with van der Waals surface area (Å²) in [5.41, 5.74) is 0.394. The van der Waals surface area contributed by atoms with E-state index in [-0.39, 0.29) is 17.0 Å². The minimum Gasteiger partial charge on any atom is -0.338 e. The van der Waals surface area contributed by atoms with Crippen LogP contribution in [0.3, 0.4) is 0 Å². The number of benzene rings is 1. The molecule has 1 heterocycles. The quantitative estimate of drug-likeness (QED) is 0.610. The minimum absolute atomic E-state index is 0.0622. The Morgan fingerprint density at radius 3 is 2.75 bits per heavy atom. The number of hydrogen-bond donors (Lipinski definition) is 0. The number of nitro groups is 1. The van der Waals surface area contributed by atoms with Crippen LogP contribution in [0.25, 0.3) is 0 Å². The van der Waals surface area contributed by atoms with Gasteiger partial charge in [0.15, 0.2) is 0 Å². The number of piperidine rings is 1. The van der Waals surface area contributed by atoms with Crippen LogP contribution in [0, 0.1) is 15.5 Å². The summed E-state index contributed by atoms with van der Waals surface area (Å²) in [6, 6.07) is 4.29. The predicted octanol–water partition coefficient (Wildman–Crippen LogP) is 3.62. The Morgan fingerprint density at radius 2 is 2.15 bits per heavy atom. The molecule has 5 nitrogen and oxygen atoms in total. The summed E-state index contributed by atoms with van der Waals surface area (Å²) in [6.45, 7) is 5.65. The van der Waals surface area contributed by atoms with E-state index in [9.17, 15) is 14.9 Å². The van der Waals surface area contributed by atoms with Gasteiger partial charge in [0.25, 0.3) is 11.6 Å². The summed E-state index contributed by atoms with van der Waals surface area (Å²) in [7, 11) is 0. The fourth-order valence-electron chi connectivity index (χ4n) is 2.56. The second kappa shape index (κ2) is 5.52. The molecule has 0 spiro atoms. The Bertz CT molecular complexity index is 557. The van der Waals surface area contributed by atoms with Gasteiger partial charge in [-0.1, -0.05) is 13.8 Å². The van der Waals surface area contributed by atoms with Gasteiger partial charge in [-0.05, 0) is 40.3 Å². The predicted molar refractivity (Wildman–Crippen MR) is 79.7 cm³/mol. The third-order valence-electron chi connectivity index (χ3n) is 3.58. The van der Waals surface area contributed by atoms with E-state index in [0.29, 0.717) is 23.1 Å². The number of non-ortho nitro benzene ring substituents is 1. The van der Waals surface area contributed by atoms with Gasteiger partial charge >= 0.3 is 0 Å². The standard InChI is InChI=1S/C14H17BrN2O3/c1-14(2)6-3-7-16(9-14)13(18)11-8-10(17(19)20)4-5-12(11)15/h4-5,8H,3,6-7,9H2,1-2H3. The lowest BCUT2D eigenvalue weighted by molar-refractivity contribution is -0.384. The van der Waals surface area contributed by atoms with Gasteiger partial charge in [-0.2, -0.15) is 0 Å². The zero-order valence-electron chi connectivity index (χ0n) is 11.6. The molecule has 1 aliphatic rings. The van der Waals surface area contributed by atoms with Crippen molar-refractivity contribution in [2.75, 3.05) is 13.1 Å². The average molecular weight is 341 g/mol. The molecule has 1 fully saturated rings. The van der Waals surface area contributed by atoms with E-state index in [1.165, 1.54) is 12.1 Å². The van der Waals surface area contributed by atoms with Crippen molar-refractivity contribution in [2.24, 2.45) is 5.41 Å². The first-order valence-electron chi connectivity index (χ1n) is 6.53. The molecular formula is C14H17BrN2O3. The zero-order valence-corrected chi connectivity index (χ0v) is 13.1. The molecule has 0 N–H and O–H groups in total. The van der Waals surface area contributed by atoms with Gasteiger partial charge in [-0.15, -0.1) is 0 Å². The van der Waals surface area contributed by atoms with Gasteiger partial charge in [0, 0.05) is 29.7 Å². The van der Waals surface area contributed by atoms with Crippen molar-refractivity contribution >= 4 is 27.5 Å². The van der Waals surface area contributed by atoms with Crippen LogP contribution >= 0.6 is 15.9 Å². The molecule has 1 aliphatic heterocycles. The zero-order chi connectivity index (χ0) is 14.9. The molecule has 1 saturated heterocycles. The summed E-state index contributed by atoms with van der Waals surface area (Å²) in [4.78, 5) is 24.7. The van der Waals surface area contributed by atoms with E-state index in [4.69, 9.17) is 0 Å². The highest BCUT2D eigenvalue weighted by Gasteiger charge is 2.30. The number of carbonyl (C=O) groups is 1. The number of rotatable bonds is 2. The number of likely N-dealkylation sites (tertiary alicyclic amines) is 1. The van der Waals surface area contributed by atoms with Crippen molar-refractivity contribution in [2.45, 2.75) is 26.7 Å². The summed E-state index contributed by atoms with van der Waals surface area (Å²) in [6.07, 6.45) is 2.05. The summed E-state index contributed by atoms with van der Waals surface area (Å²) in [5, 5.41) is 10.8. The van der Waals surface area contributed by atoms with Crippen molar-refractivity contribution < 1.29 is 9.72 Å². The highest BCUT2D eigenvalue weighted by atomic mass is 79.9. The van der Waals surface area contributed by atoms with Crippen molar-refractivity contribution in [3.05, 3.63) is 38.3 Å². The summed E-state index contributed by atoms with van der Waals surface area (Å²) < 4.78 is 0.594. The van der Waals surface area contributed by atoms with Gasteiger partial charge in [0.05, 0.1) is 10.5 Å². The lowest BCUT2D eigenvalue weighted by Crippen LogP contribution is -2.43. The van der Waals surface area contributed by atoms with Crippen molar-refractivity contribution in [1.82, 2.24) is 4.90 Å². The Hall–Kier alpha value is -1.43. The summed E-state index contributed by atoms with van der Waals surface area (Å²) >= 11 is 3.31. The fourth-order valence-corrected chi connectivity index (χ4v) is 2.97. The number of halogens is 1. The first-order valence-corrected chi connectivity index (χ1v) is 7.33. The first kappa shape index (κ1) is 15.0. The maximum absolute atomic E-state index is 12.6. The van der Waals surface area contributed by atoms with Gasteiger partial charge in [0.1, 0.15) is 0 Å². The number of nitrogens with zero attached hydrogens (tertiary/aromatic N) is 2. The molecule has 0 atom stereocenters. The van der Waals surface area contributed by atoms with Crippen LogP contribution in [-0.4, -0.2) is 28.8 Å². The smallest absolute Gasteiger partial charge is 0.270 e. The molecule has 2 rings (SSSR count). The van der Waals surface area contributed by atoms with E-state index < -0.39 is 4.92 Å². The maximum Gasteiger partial charge on any atom is 0.270 e. The summed E-state index contributed by atoms with van der Waals surface area (Å²) in [5.74, 6) is -0.145. The molecule has 6 heteroatoms. The van der Waals surface area contributed by atoms with Crippen LogP contribution in [0.5, 0.6) is 0 Å². The Kier molecular flexibility index (Phi) is 4.13. The molecular weight excluding hydrogens is 324 g/mol. The van der Waals surface area contributed by atoms with E-state index in [0.717, 1.165) is 12.8 Å². The SMILES string of the molecule is CC1(C)CCCN(C(=O)c2cc([N+](=O)[O-])ccc2Br)C1.